The van der Waals surface area contributed by atoms with Gasteiger partial charge >= 0.3 is 5.97 Å². The molecule has 0 aromatic carbocycles. The normalized spacial score (nSPS) is 29.1. The first kappa shape index (κ1) is 14.8. The van der Waals surface area contributed by atoms with Crippen molar-refractivity contribution in [2.75, 3.05) is 33.4 Å². The fourth-order valence-electron chi connectivity index (χ4n) is 2.81. The quantitative estimate of drug-likeness (QED) is 0.710. The predicted octanol–water partition coefficient (Wildman–Crippen LogP) is 1.56. The van der Waals surface area contributed by atoms with Crippen LogP contribution in [0.25, 0.3) is 0 Å². The maximum absolute atomic E-state index is 11.7. The molecule has 0 saturated carbocycles. The van der Waals surface area contributed by atoms with E-state index in [0.29, 0.717) is 6.61 Å². The average molecular weight is 271 g/mol. The summed E-state index contributed by atoms with van der Waals surface area (Å²) in [6.45, 7) is 3.16. The van der Waals surface area contributed by atoms with E-state index in [9.17, 15) is 4.79 Å². The van der Waals surface area contributed by atoms with Crippen LogP contribution in [0.4, 0.5) is 0 Å². The molecule has 2 aliphatic heterocycles. The van der Waals surface area contributed by atoms with E-state index in [2.05, 4.69) is 4.90 Å². The van der Waals surface area contributed by atoms with E-state index in [-0.39, 0.29) is 18.3 Å². The van der Waals surface area contributed by atoms with Crippen molar-refractivity contribution in [2.45, 2.75) is 50.9 Å². The van der Waals surface area contributed by atoms with Gasteiger partial charge in [-0.2, -0.15) is 0 Å². The number of hydrogen-bond acceptors (Lipinski definition) is 5. The van der Waals surface area contributed by atoms with Gasteiger partial charge in [0, 0.05) is 13.2 Å². The minimum absolute atomic E-state index is 0.0462. The zero-order valence-electron chi connectivity index (χ0n) is 11.8. The van der Waals surface area contributed by atoms with Gasteiger partial charge in [-0.25, -0.2) is 0 Å². The first-order valence-electron chi connectivity index (χ1n) is 7.36. The number of likely N-dealkylation sites (tertiary alicyclic amines) is 1. The highest BCUT2D eigenvalue weighted by atomic mass is 16.7. The number of hydrogen-bond donors (Lipinski definition) is 0. The number of esters is 1. The summed E-state index contributed by atoms with van der Waals surface area (Å²) in [7, 11) is 1.46. The molecule has 0 unspecified atom stereocenters. The molecule has 0 radical (unpaired) electrons. The molecule has 0 aromatic rings. The second-order valence-electron chi connectivity index (χ2n) is 5.24. The minimum Gasteiger partial charge on any atom is -0.468 e. The van der Waals surface area contributed by atoms with E-state index in [0.717, 1.165) is 51.8 Å². The van der Waals surface area contributed by atoms with Crippen LogP contribution in [0.5, 0.6) is 0 Å². The Kier molecular flexibility index (Phi) is 6.07. The molecule has 2 fully saturated rings. The third-order valence-corrected chi connectivity index (χ3v) is 3.91. The Morgan fingerprint density at radius 1 is 1.26 bits per heavy atom. The predicted molar refractivity (Wildman–Crippen MR) is 70.8 cm³/mol. The van der Waals surface area contributed by atoms with Crippen LogP contribution >= 0.6 is 0 Å². The molecule has 2 aliphatic rings. The maximum atomic E-state index is 11.7. The van der Waals surface area contributed by atoms with Crippen LogP contribution in [0.15, 0.2) is 0 Å². The Labute approximate surface area is 115 Å². The number of carbonyl (C=O) groups is 1. The summed E-state index contributed by atoms with van der Waals surface area (Å²) < 4.78 is 16.1. The molecule has 0 bridgehead atoms. The van der Waals surface area contributed by atoms with Gasteiger partial charge in [-0.15, -0.1) is 0 Å². The molecule has 2 saturated heterocycles. The fourth-order valence-corrected chi connectivity index (χ4v) is 2.81. The third-order valence-electron chi connectivity index (χ3n) is 3.91. The van der Waals surface area contributed by atoms with Gasteiger partial charge in [0.15, 0.2) is 6.29 Å². The van der Waals surface area contributed by atoms with E-state index in [1.807, 2.05) is 0 Å². The summed E-state index contributed by atoms with van der Waals surface area (Å²) in [4.78, 5) is 13.9. The van der Waals surface area contributed by atoms with Crippen molar-refractivity contribution < 1.29 is 19.0 Å². The monoisotopic (exact) mass is 271 g/mol. The molecule has 0 aromatic heterocycles. The van der Waals surface area contributed by atoms with Crippen LogP contribution in [0.3, 0.4) is 0 Å². The Hall–Kier alpha value is -0.650. The van der Waals surface area contributed by atoms with Gasteiger partial charge in [0.05, 0.1) is 13.7 Å². The molecule has 0 spiro atoms. The van der Waals surface area contributed by atoms with E-state index >= 15 is 0 Å². The molecule has 5 heteroatoms. The van der Waals surface area contributed by atoms with Gasteiger partial charge in [-0.1, -0.05) is 6.42 Å². The second-order valence-corrected chi connectivity index (χ2v) is 5.24. The van der Waals surface area contributed by atoms with Gasteiger partial charge in [-0.05, 0) is 38.6 Å². The Morgan fingerprint density at radius 3 is 2.84 bits per heavy atom. The summed E-state index contributed by atoms with van der Waals surface area (Å²) in [6, 6.07) is -0.0883. The summed E-state index contributed by atoms with van der Waals surface area (Å²) in [5, 5.41) is 0. The fraction of sp³-hybridized carbons (Fsp3) is 0.929. The number of nitrogens with zero attached hydrogens (tertiary/aromatic N) is 1. The molecule has 0 amide bonds. The zero-order chi connectivity index (χ0) is 13.5. The van der Waals surface area contributed by atoms with Crippen LogP contribution in [0.1, 0.15) is 38.5 Å². The van der Waals surface area contributed by atoms with Crippen LogP contribution in [-0.4, -0.2) is 56.6 Å². The highest BCUT2D eigenvalue weighted by Crippen LogP contribution is 2.18. The molecule has 2 heterocycles. The molecule has 19 heavy (non-hydrogen) atoms. The highest BCUT2D eigenvalue weighted by Gasteiger charge is 2.29. The van der Waals surface area contributed by atoms with Gasteiger partial charge < -0.3 is 14.2 Å². The second kappa shape index (κ2) is 7.82. The van der Waals surface area contributed by atoms with Gasteiger partial charge in [-0.3, -0.25) is 9.69 Å². The van der Waals surface area contributed by atoms with Crippen molar-refractivity contribution >= 4 is 5.97 Å². The smallest absolute Gasteiger partial charge is 0.323 e. The Bertz CT molecular complexity index is 279. The molecule has 2 rings (SSSR count). The third kappa shape index (κ3) is 4.44. The largest absolute Gasteiger partial charge is 0.468 e. The van der Waals surface area contributed by atoms with Crippen molar-refractivity contribution in [3.05, 3.63) is 0 Å². The number of ether oxygens (including phenoxy) is 3. The van der Waals surface area contributed by atoms with Crippen LogP contribution in [0.2, 0.25) is 0 Å². The lowest BCUT2D eigenvalue weighted by atomic mass is 10.0. The molecule has 2 atom stereocenters. The lowest BCUT2D eigenvalue weighted by Gasteiger charge is -2.34. The van der Waals surface area contributed by atoms with Crippen molar-refractivity contribution in [3.63, 3.8) is 0 Å². The topological polar surface area (TPSA) is 48.0 Å². The van der Waals surface area contributed by atoms with Gasteiger partial charge in [0.25, 0.3) is 0 Å². The number of rotatable bonds is 5. The first-order chi connectivity index (χ1) is 9.31. The van der Waals surface area contributed by atoms with Crippen molar-refractivity contribution in [3.8, 4) is 0 Å². The van der Waals surface area contributed by atoms with Gasteiger partial charge in [0.1, 0.15) is 6.04 Å². The summed E-state index contributed by atoms with van der Waals surface area (Å²) in [6.07, 6.45) is 6.40. The molecular formula is C14H25NO4. The highest BCUT2D eigenvalue weighted by molar-refractivity contribution is 5.75. The number of methoxy groups -OCH3 is 1. The van der Waals surface area contributed by atoms with E-state index in [4.69, 9.17) is 14.2 Å². The van der Waals surface area contributed by atoms with Crippen LogP contribution in [0, 0.1) is 0 Å². The first-order valence-corrected chi connectivity index (χ1v) is 7.36. The molecule has 110 valence electrons. The SMILES string of the molecule is COC(=O)[C@@H]1CCCCN1CCO[C@H]1CCCCO1. The van der Waals surface area contributed by atoms with Crippen LogP contribution in [-0.2, 0) is 19.0 Å². The van der Waals surface area contributed by atoms with Crippen molar-refractivity contribution in [1.29, 1.82) is 0 Å². The Morgan fingerprint density at radius 2 is 2.11 bits per heavy atom. The van der Waals surface area contributed by atoms with Crippen molar-refractivity contribution in [2.24, 2.45) is 0 Å². The summed E-state index contributed by atoms with van der Waals surface area (Å²) in [5.74, 6) is -0.117. The summed E-state index contributed by atoms with van der Waals surface area (Å²) >= 11 is 0. The molecule has 5 nitrogen and oxygen atoms in total. The Balaban J connectivity index is 1.71. The zero-order valence-corrected chi connectivity index (χ0v) is 11.8. The lowest BCUT2D eigenvalue weighted by Crippen LogP contribution is -2.46. The average Bonchev–Trinajstić information content (AvgIpc) is 2.48. The van der Waals surface area contributed by atoms with E-state index in [1.165, 1.54) is 13.5 Å². The minimum atomic E-state index is -0.117. The van der Waals surface area contributed by atoms with Crippen molar-refractivity contribution in [1.82, 2.24) is 4.90 Å². The van der Waals surface area contributed by atoms with E-state index in [1.54, 1.807) is 0 Å². The standard InChI is InChI=1S/C14H25NO4/c1-17-14(16)12-6-2-4-8-15(12)9-11-19-13-7-3-5-10-18-13/h12-13H,2-11H2,1H3/t12-,13-/m0/s1. The van der Waals surface area contributed by atoms with E-state index < -0.39 is 0 Å². The van der Waals surface area contributed by atoms with Gasteiger partial charge in [0.2, 0.25) is 0 Å². The lowest BCUT2D eigenvalue weighted by molar-refractivity contribution is -0.167. The molecular weight excluding hydrogens is 246 g/mol. The molecule has 0 aliphatic carbocycles. The number of piperidine rings is 1. The molecule has 0 N–H and O–H groups in total. The van der Waals surface area contributed by atoms with Crippen LogP contribution < -0.4 is 0 Å². The maximum Gasteiger partial charge on any atom is 0.323 e. The number of carbonyl (C=O) groups excluding carboxylic acids is 1. The summed E-state index contributed by atoms with van der Waals surface area (Å²) in [5.41, 5.74) is 0.